The first-order chi connectivity index (χ1) is 8.71. The smallest absolute Gasteiger partial charge is 0.253 e. The van der Waals surface area contributed by atoms with Crippen molar-refractivity contribution in [3.05, 3.63) is 29.3 Å². The van der Waals surface area contributed by atoms with E-state index in [-0.39, 0.29) is 17.4 Å². The van der Waals surface area contributed by atoms with E-state index in [9.17, 15) is 13.2 Å². The number of carbonyl (C=O) groups is 1. The van der Waals surface area contributed by atoms with Gasteiger partial charge in [-0.2, -0.15) is 0 Å². The van der Waals surface area contributed by atoms with Crippen LogP contribution in [0.5, 0.6) is 0 Å². The van der Waals surface area contributed by atoms with E-state index in [0.29, 0.717) is 17.7 Å². The highest BCUT2D eigenvalue weighted by Crippen LogP contribution is 2.24. The maximum atomic E-state index is 12.2. The maximum absolute atomic E-state index is 12.2. The number of sulfone groups is 1. The molecule has 5 nitrogen and oxygen atoms in total. The molecule has 19 heavy (non-hydrogen) atoms. The Hall–Kier alpha value is -1.56. The number of nitrogens with one attached hydrogen (secondary N) is 1. The molecule has 1 atom stereocenters. The van der Waals surface area contributed by atoms with E-state index in [1.807, 2.05) is 13.0 Å². The lowest BCUT2D eigenvalue weighted by atomic mass is 10.0. The Morgan fingerprint density at radius 3 is 2.68 bits per heavy atom. The van der Waals surface area contributed by atoms with Gasteiger partial charge in [0.15, 0.2) is 9.84 Å². The number of rotatable bonds is 2. The van der Waals surface area contributed by atoms with E-state index in [0.717, 1.165) is 5.56 Å². The first-order valence-electron chi connectivity index (χ1n) is 6.10. The van der Waals surface area contributed by atoms with Crippen molar-refractivity contribution in [2.45, 2.75) is 25.8 Å². The SMILES string of the molecule is Cc1ccc(N)c(C(=O)NC2(C)CCS(=O)(=O)C2)c1. The van der Waals surface area contributed by atoms with Gasteiger partial charge in [-0.05, 0) is 32.4 Å². The van der Waals surface area contributed by atoms with Gasteiger partial charge in [-0.15, -0.1) is 0 Å². The zero-order valence-electron chi connectivity index (χ0n) is 11.1. The third-order valence-electron chi connectivity index (χ3n) is 3.37. The average molecular weight is 282 g/mol. The summed E-state index contributed by atoms with van der Waals surface area (Å²) in [7, 11) is -3.05. The molecule has 0 bridgehead atoms. The number of amides is 1. The molecule has 2 rings (SSSR count). The number of nitrogens with two attached hydrogens (primary N) is 1. The molecule has 3 N–H and O–H groups in total. The van der Waals surface area contributed by atoms with Crippen molar-refractivity contribution in [1.29, 1.82) is 0 Å². The number of hydrogen-bond donors (Lipinski definition) is 2. The number of nitrogen functional groups attached to an aromatic ring is 1. The molecule has 1 unspecified atom stereocenters. The standard InChI is InChI=1S/C13H18N2O3S/c1-9-3-4-11(14)10(7-9)12(16)15-13(2)5-6-19(17,18)8-13/h3-4,7H,5-6,8,14H2,1-2H3,(H,15,16). The van der Waals surface area contributed by atoms with Gasteiger partial charge in [0.1, 0.15) is 0 Å². The number of benzene rings is 1. The predicted octanol–water partition coefficient (Wildman–Crippen LogP) is 0.884. The van der Waals surface area contributed by atoms with Crippen LogP contribution in [-0.2, 0) is 9.84 Å². The fourth-order valence-electron chi connectivity index (χ4n) is 2.32. The van der Waals surface area contributed by atoms with Gasteiger partial charge in [0.05, 0.1) is 22.6 Å². The van der Waals surface area contributed by atoms with Crippen LogP contribution in [0.3, 0.4) is 0 Å². The van der Waals surface area contributed by atoms with Crippen molar-refractivity contribution < 1.29 is 13.2 Å². The normalized spacial score (nSPS) is 25.2. The van der Waals surface area contributed by atoms with E-state index in [1.165, 1.54) is 0 Å². The summed E-state index contributed by atoms with van der Waals surface area (Å²) < 4.78 is 23.0. The molecular formula is C13H18N2O3S. The number of carbonyl (C=O) groups excluding carboxylic acids is 1. The Balaban J connectivity index is 2.20. The van der Waals surface area contributed by atoms with Crippen LogP contribution in [0, 0.1) is 6.92 Å². The molecule has 6 heteroatoms. The minimum absolute atomic E-state index is 0.0164. The topological polar surface area (TPSA) is 89.3 Å². The summed E-state index contributed by atoms with van der Waals surface area (Å²) in [4.78, 5) is 12.2. The van der Waals surface area contributed by atoms with E-state index in [2.05, 4.69) is 5.32 Å². The van der Waals surface area contributed by atoms with Crippen molar-refractivity contribution in [3.8, 4) is 0 Å². The van der Waals surface area contributed by atoms with Crippen molar-refractivity contribution in [3.63, 3.8) is 0 Å². The van der Waals surface area contributed by atoms with Crippen molar-refractivity contribution in [2.75, 3.05) is 17.2 Å². The molecule has 0 saturated carbocycles. The largest absolute Gasteiger partial charge is 0.398 e. The fraction of sp³-hybridized carbons (Fsp3) is 0.462. The average Bonchev–Trinajstić information content (AvgIpc) is 2.56. The van der Waals surface area contributed by atoms with Gasteiger partial charge in [0.2, 0.25) is 0 Å². The summed E-state index contributed by atoms with van der Waals surface area (Å²) in [5.41, 5.74) is 6.80. The second kappa shape index (κ2) is 4.52. The van der Waals surface area contributed by atoms with Crippen molar-refractivity contribution in [1.82, 2.24) is 5.32 Å². The van der Waals surface area contributed by atoms with Crippen LogP contribution < -0.4 is 11.1 Å². The van der Waals surface area contributed by atoms with Crippen LogP contribution >= 0.6 is 0 Å². The number of aryl methyl sites for hydroxylation is 1. The zero-order chi connectivity index (χ0) is 14.3. The summed E-state index contributed by atoms with van der Waals surface area (Å²) in [6.45, 7) is 3.62. The van der Waals surface area contributed by atoms with Crippen molar-refractivity contribution >= 4 is 21.4 Å². The third-order valence-corrected chi connectivity index (χ3v) is 5.28. The predicted molar refractivity (Wildman–Crippen MR) is 74.7 cm³/mol. The van der Waals surface area contributed by atoms with Crippen LogP contribution in [0.4, 0.5) is 5.69 Å². The lowest BCUT2D eigenvalue weighted by Crippen LogP contribution is -2.47. The Labute approximate surface area is 113 Å². The first kappa shape index (κ1) is 13.9. The highest BCUT2D eigenvalue weighted by atomic mass is 32.2. The van der Waals surface area contributed by atoms with Gasteiger partial charge in [0.25, 0.3) is 5.91 Å². The van der Waals surface area contributed by atoms with Gasteiger partial charge in [0, 0.05) is 5.69 Å². The maximum Gasteiger partial charge on any atom is 0.253 e. The Bertz CT molecular complexity index is 625. The lowest BCUT2D eigenvalue weighted by Gasteiger charge is -2.24. The molecule has 1 aromatic carbocycles. The highest BCUT2D eigenvalue weighted by Gasteiger charge is 2.39. The van der Waals surface area contributed by atoms with Crippen LogP contribution in [0.1, 0.15) is 29.3 Å². The summed E-state index contributed by atoms with van der Waals surface area (Å²) >= 11 is 0. The monoisotopic (exact) mass is 282 g/mol. The number of anilines is 1. The van der Waals surface area contributed by atoms with Gasteiger partial charge in [-0.1, -0.05) is 11.6 Å². The fourth-order valence-corrected chi connectivity index (χ4v) is 4.41. The number of hydrogen-bond acceptors (Lipinski definition) is 4. The molecule has 1 aliphatic rings. The quantitative estimate of drug-likeness (QED) is 0.788. The van der Waals surface area contributed by atoms with E-state index < -0.39 is 15.4 Å². The van der Waals surface area contributed by atoms with Crippen LogP contribution in [0.25, 0.3) is 0 Å². The van der Waals surface area contributed by atoms with E-state index in [4.69, 9.17) is 5.73 Å². The molecule has 1 heterocycles. The van der Waals surface area contributed by atoms with Crippen LogP contribution in [-0.4, -0.2) is 31.4 Å². The van der Waals surface area contributed by atoms with Gasteiger partial charge in [-0.3, -0.25) is 4.79 Å². The second-order valence-electron chi connectivity index (χ2n) is 5.45. The molecule has 1 fully saturated rings. The van der Waals surface area contributed by atoms with E-state index in [1.54, 1.807) is 19.1 Å². The van der Waals surface area contributed by atoms with Crippen molar-refractivity contribution in [2.24, 2.45) is 0 Å². The molecule has 0 aromatic heterocycles. The van der Waals surface area contributed by atoms with Gasteiger partial charge in [-0.25, -0.2) is 8.42 Å². The third kappa shape index (κ3) is 3.07. The van der Waals surface area contributed by atoms with Gasteiger partial charge >= 0.3 is 0 Å². The molecule has 0 spiro atoms. The Morgan fingerprint density at radius 2 is 2.11 bits per heavy atom. The molecule has 1 aliphatic heterocycles. The Kier molecular flexibility index (Phi) is 3.30. The summed E-state index contributed by atoms with van der Waals surface area (Å²) in [5.74, 6) is -0.217. The minimum Gasteiger partial charge on any atom is -0.398 e. The Morgan fingerprint density at radius 1 is 1.42 bits per heavy atom. The van der Waals surface area contributed by atoms with E-state index >= 15 is 0 Å². The summed E-state index contributed by atoms with van der Waals surface area (Å²) in [6, 6.07) is 5.21. The molecule has 104 valence electrons. The second-order valence-corrected chi connectivity index (χ2v) is 7.63. The summed E-state index contributed by atoms with van der Waals surface area (Å²) in [6.07, 6.45) is 0.437. The highest BCUT2D eigenvalue weighted by molar-refractivity contribution is 7.91. The minimum atomic E-state index is -3.05. The van der Waals surface area contributed by atoms with Crippen LogP contribution in [0.2, 0.25) is 0 Å². The molecule has 0 aliphatic carbocycles. The first-order valence-corrected chi connectivity index (χ1v) is 7.92. The molecule has 0 radical (unpaired) electrons. The summed E-state index contributed by atoms with van der Waals surface area (Å²) in [5, 5.41) is 2.80. The lowest BCUT2D eigenvalue weighted by molar-refractivity contribution is 0.0916. The zero-order valence-corrected chi connectivity index (χ0v) is 11.9. The van der Waals surface area contributed by atoms with Gasteiger partial charge < -0.3 is 11.1 Å². The molecule has 1 saturated heterocycles. The van der Waals surface area contributed by atoms with Crippen LogP contribution in [0.15, 0.2) is 18.2 Å². The molecular weight excluding hydrogens is 264 g/mol. The molecule has 1 amide bonds. The molecule has 1 aromatic rings.